The number of nitrogens with zero attached hydrogens (tertiary/aromatic N) is 2. The molecule has 1 fully saturated rings. The van der Waals surface area contributed by atoms with Crippen LogP contribution in [-0.4, -0.2) is 30.5 Å². The van der Waals surface area contributed by atoms with E-state index in [9.17, 15) is 0 Å². The van der Waals surface area contributed by atoms with Crippen LogP contribution in [0, 0.1) is 10.8 Å². The minimum absolute atomic E-state index is 0.341. The molecule has 5 heteroatoms. The molecule has 0 radical (unpaired) electrons. The number of ether oxygens (including phenoxy) is 1. The third-order valence-electron chi connectivity index (χ3n) is 4.51. The molecule has 0 bridgehead atoms. The highest BCUT2D eigenvalue weighted by Gasteiger charge is 2.66. The van der Waals surface area contributed by atoms with Crippen molar-refractivity contribution in [3.63, 3.8) is 0 Å². The van der Waals surface area contributed by atoms with Crippen molar-refractivity contribution in [3.8, 4) is 0 Å². The Morgan fingerprint density at radius 1 is 1.22 bits per heavy atom. The van der Waals surface area contributed by atoms with E-state index in [2.05, 4.69) is 43.2 Å². The van der Waals surface area contributed by atoms with E-state index in [0.717, 1.165) is 24.7 Å². The van der Waals surface area contributed by atoms with E-state index in [4.69, 9.17) is 4.74 Å². The first-order valence-corrected chi connectivity index (χ1v) is 7.25. The van der Waals surface area contributed by atoms with Crippen LogP contribution in [0.1, 0.15) is 43.6 Å². The first kappa shape index (κ1) is 13.9. The van der Waals surface area contributed by atoms with Crippen LogP contribution in [0.4, 0.5) is 0 Å². The largest absolute Gasteiger partial charge is 0.383 e. The van der Waals surface area contributed by atoms with E-state index in [1.165, 1.54) is 5.01 Å². The molecular formula is C13H23N3OS. The Bertz CT molecular complexity index is 400. The molecule has 0 amide bonds. The zero-order valence-electron chi connectivity index (χ0n) is 11.9. The summed E-state index contributed by atoms with van der Waals surface area (Å²) in [4.78, 5) is 0. The Balaban J connectivity index is 1.92. The zero-order chi connectivity index (χ0) is 13.4. The average Bonchev–Trinajstić information content (AvgIpc) is 2.66. The molecule has 1 N–H and O–H groups in total. The van der Waals surface area contributed by atoms with Gasteiger partial charge in [0.2, 0.25) is 0 Å². The summed E-state index contributed by atoms with van der Waals surface area (Å²) in [5, 5.41) is 14.2. The predicted octanol–water partition coefficient (Wildman–Crippen LogP) is 2.42. The van der Waals surface area contributed by atoms with Gasteiger partial charge >= 0.3 is 0 Å². The molecule has 0 spiro atoms. The number of methoxy groups -OCH3 is 1. The van der Waals surface area contributed by atoms with E-state index in [-0.39, 0.29) is 0 Å². The fraction of sp³-hybridized carbons (Fsp3) is 0.846. The lowest BCUT2D eigenvalue weighted by Crippen LogP contribution is -2.18. The lowest BCUT2D eigenvalue weighted by Gasteiger charge is -2.03. The summed E-state index contributed by atoms with van der Waals surface area (Å²) in [5.74, 6) is 0.551. The highest BCUT2D eigenvalue weighted by atomic mass is 32.1. The quantitative estimate of drug-likeness (QED) is 0.806. The summed E-state index contributed by atoms with van der Waals surface area (Å²) < 4.78 is 4.99. The molecule has 1 aliphatic carbocycles. The van der Waals surface area contributed by atoms with Crippen molar-refractivity contribution < 1.29 is 4.74 Å². The van der Waals surface area contributed by atoms with Gasteiger partial charge in [-0.15, -0.1) is 10.2 Å². The number of hydrogen-bond donors (Lipinski definition) is 1. The fourth-order valence-corrected chi connectivity index (χ4v) is 3.92. The molecule has 0 aliphatic heterocycles. The molecule has 102 valence electrons. The zero-order valence-corrected chi connectivity index (χ0v) is 12.7. The van der Waals surface area contributed by atoms with E-state index in [0.29, 0.717) is 16.7 Å². The van der Waals surface area contributed by atoms with E-state index < -0.39 is 0 Å². The highest BCUT2D eigenvalue weighted by Crippen LogP contribution is 2.73. The van der Waals surface area contributed by atoms with Crippen molar-refractivity contribution in [2.75, 3.05) is 20.3 Å². The van der Waals surface area contributed by atoms with Gasteiger partial charge in [0, 0.05) is 26.1 Å². The molecule has 4 nitrogen and oxygen atoms in total. The normalized spacial score (nSPS) is 21.2. The van der Waals surface area contributed by atoms with E-state index >= 15 is 0 Å². The van der Waals surface area contributed by atoms with Gasteiger partial charge in [0.05, 0.1) is 6.61 Å². The van der Waals surface area contributed by atoms with Crippen molar-refractivity contribution >= 4 is 11.3 Å². The van der Waals surface area contributed by atoms with Crippen LogP contribution in [0.2, 0.25) is 0 Å². The van der Waals surface area contributed by atoms with Crippen LogP contribution in [0.3, 0.4) is 0 Å². The Kier molecular flexibility index (Phi) is 3.76. The second-order valence-electron chi connectivity index (χ2n) is 6.08. The highest BCUT2D eigenvalue weighted by molar-refractivity contribution is 7.11. The SMILES string of the molecule is COCCNCc1nnc(C2C(C)(C)C2(C)C)s1. The summed E-state index contributed by atoms with van der Waals surface area (Å²) in [6, 6.07) is 0. The first-order valence-electron chi connectivity index (χ1n) is 6.43. The van der Waals surface area contributed by atoms with Crippen molar-refractivity contribution in [2.45, 2.75) is 40.2 Å². The van der Waals surface area contributed by atoms with Crippen LogP contribution in [0.5, 0.6) is 0 Å². The topological polar surface area (TPSA) is 47.0 Å². The maximum absolute atomic E-state index is 4.99. The molecule has 0 saturated heterocycles. The monoisotopic (exact) mass is 269 g/mol. The summed E-state index contributed by atoms with van der Waals surface area (Å²) in [6.45, 7) is 11.6. The number of nitrogens with one attached hydrogen (secondary N) is 1. The van der Waals surface area contributed by atoms with Crippen molar-refractivity contribution in [1.29, 1.82) is 0 Å². The maximum atomic E-state index is 4.99. The number of hydrogen-bond acceptors (Lipinski definition) is 5. The van der Waals surface area contributed by atoms with Gasteiger partial charge in [-0.25, -0.2) is 0 Å². The van der Waals surface area contributed by atoms with Crippen LogP contribution >= 0.6 is 11.3 Å². The lowest BCUT2D eigenvalue weighted by molar-refractivity contribution is 0.199. The second kappa shape index (κ2) is 4.87. The van der Waals surface area contributed by atoms with Gasteiger partial charge < -0.3 is 10.1 Å². The molecule has 1 saturated carbocycles. The Labute approximate surface area is 113 Å². The predicted molar refractivity (Wildman–Crippen MR) is 73.8 cm³/mol. The molecule has 1 aromatic rings. The molecule has 0 atom stereocenters. The Morgan fingerprint density at radius 3 is 2.44 bits per heavy atom. The van der Waals surface area contributed by atoms with Crippen molar-refractivity contribution in [1.82, 2.24) is 15.5 Å². The minimum Gasteiger partial charge on any atom is -0.383 e. The van der Waals surface area contributed by atoms with Gasteiger partial charge in [-0.1, -0.05) is 39.0 Å². The molecule has 1 aromatic heterocycles. The molecular weight excluding hydrogens is 246 g/mol. The standard InChI is InChI=1S/C13H23N3OS/c1-12(2)10(13(12,3)4)11-16-15-9(18-11)8-14-6-7-17-5/h10,14H,6-8H2,1-5H3. The van der Waals surface area contributed by atoms with Gasteiger partial charge in [-0.3, -0.25) is 0 Å². The third-order valence-corrected chi connectivity index (χ3v) is 5.50. The fourth-order valence-electron chi connectivity index (χ4n) is 2.64. The second-order valence-corrected chi connectivity index (χ2v) is 7.17. The van der Waals surface area contributed by atoms with Crippen LogP contribution in [-0.2, 0) is 11.3 Å². The average molecular weight is 269 g/mol. The summed E-state index contributed by atoms with van der Waals surface area (Å²) in [5.41, 5.74) is 0.681. The van der Waals surface area contributed by atoms with Crippen LogP contribution < -0.4 is 5.32 Å². The minimum atomic E-state index is 0.341. The Hall–Kier alpha value is -0.520. The summed E-state index contributed by atoms with van der Waals surface area (Å²) >= 11 is 1.74. The first-order chi connectivity index (χ1) is 8.41. The number of aromatic nitrogens is 2. The maximum Gasteiger partial charge on any atom is 0.131 e. The van der Waals surface area contributed by atoms with Gasteiger partial charge in [0.25, 0.3) is 0 Å². The molecule has 1 heterocycles. The Morgan fingerprint density at radius 2 is 1.89 bits per heavy atom. The summed E-state index contributed by atoms with van der Waals surface area (Å²) in [6.07, 6.45) is 0. The molecule has 0 unspecified atom stereocenters. The van der Waals surface area contributed by atoms with Crippen LogP contribution in [0.15, 0.2) is 0 Å². The van der Waals surface area contributed by atoms with E-state index in [1.807, 2.05) is 0 Å². The summed E-state index contributed by atoms with van der Waals surface area (Å²) in [7, 11) is 1.71. The van der Waals surface area contributed by atoms with Crippen molar-refractivity contribution in [2.24, 2.45) is 10.8 Å². The van der Waals surface area contributed by atoms with E-state index in [1.54, 1.807) is 18.4 Å². The van der Waals surface area contributed by atoms with Gasteiger partial charge in [0.15, 0.2) is 0 Å². The smallest absolute Gasteiger partial charge is 0.131 e. The van der Waals surface area contributed by atoms with Crippen molar-refractivity contribution in [3.05, 3.63) is 10.0 Å². The number of rotatable bonds is 6. The lowest BCUT2D eigenvalue weighted by atomic mass is 10.0. The molecule has 2 rings (SSSR count). The molecule has 0 aromatic carbocycles. The third kappa shape index (κ3) is 2.31. The van der Waals surface area contributed by atoms with Crippen LogP contribution in [0.25, 0.3) is 0 Å². The van der Waals surface area contributed by atoms with Gasteiger partial charge in [0.1, 0.15) is 10.0 Å². The molecule has 18 heavy (non-hydrogen) atoms. The van der Waals surface area contributed by atoms with Gasteiger partial charge in [-0.2, -0.15) is 0 Å². The molecule has 1 aliphatic rings. The van der Waals surface area contributed by atoms with Gasteiger partial charge in [-0.05, 0) is 10.8 Å².